The van der Waals surface area contributed by atoms with Crippen LogP contribution in [0.3, 0.4) is 0 Å². The van der Waals surface area contributed by atoms with E-state index < -0.39 is 0 Å². The minimum Gasteiger partial charge on any atom is -0.341 e. The molecule has 0 unspecified atom stereocenters. The first-order chi connectivity index (χ1) is 11.2. The average Bonchev–Trinajstić information content (AvgIpc) is 3.07. The van der Waals surface area contributed by atoms with Gasteiger partial charge in [0.15, 0.2) is 0 Å². The molecule has 0 aliphatic carbocycles. The molecular formula is C19H23BN2S. The van der Waals surface area contributed by atoms with E-state index in [-0.39, 0.29) is 0 Å². The molecule has 0 spiro atoms. The van der Waals surface area contributed by atoms with E-state index in [1.807, 2.05) is 29.6 Å². The van der Waals surface area contributed by atoms with Crippen molar-refractivity contribution >= 4 is 29.4 Å². The molecule has 2 nitrogen and oxygen atoms in total. The van der Waals surface area contributed by atoms with Crippen LogP contribution in [-0.4, -0.2) is 22.0 Å². The highest BCUT2D eigenvalue weighted by Crippen LogP contribution is 2.15. The second-order valence-corrected chi connectivity index (χ2v) is 6.64. The van der Waals surface area contributed by atoms with Crippen LogP contribution in [0.5, 0.6) is 0 Å². The summed E-state index contributed by atoms with van der Waals surface area (Å²) in [7, 11) is 1.94. The number of nitrogens with zero attached hydrogens (tertiary/aromatic N) is 2. The molecule has 1 aromatic heterocycles. The lowest BCUT2D eigenvalue weighted by atomic mass is 9.42. The second kappa shape index (κ2) is 9.26. The molecule has 0 atom stereocenters. The van der Waals surface area contributed by atoms with E-state index in [0.717, 1.165) is 5.75 Å². The number of thioether (sulfide) groups is 1. The number of hydrogen-bond donors (Lipinski definition) is 0. The number of benzene rings is 2. The third-order valence-electron chi connectivity index (χ3n) is 3.62. The molecule has 0 aliphatic heterocycles. The Morgan fingerprint density at radius 1 is 1.04 bits per heavy atom. The van der Waals surface area contributed by atoms with Crippen LogP contribution in [0.1, 0.15) is 6.92 Å². The quantitative estimate of drug-likeness (QED) is 0.541. The van der Waals surface area contributed by atoms with Gasteiger partial charge in [0, 0.05) is 24.3 Å². The number of aromatic nitrogens is 2. The first kappa shape index (κ1) is 17.4. The summed E-state index contributed by atoms with van der Waals surface area (Å²) in [6.45, 7) is 4.95. The van der Waals surface area contributed by atoms with Crippen LogP contribution in [0.4, 0.5) is 0 Å². The van der Waals surface area contributed by atoms with Gasteiger partial charge in [0.25, 0.3) is 0 Å². The lowest BCUT2D eigenvalue weighted by Crippen LogP contribution is -2.40. The van der Waals surface area contributed by atoms with E-state index in [0.29, 0.717) is 6.71 Å². The summed E-state index contributed by atoms with van der Waals surface area (Å²) in [6.07, 6.45) is 5.39. The molecule has 0 N–H and O–H groups in total. The van der Waals surface area contributed by atoms with E-state index in [2.05, 4.69) is 73.3 Å². The van der Waals surface area contributed by atoms with E-state index in [4.69, 9.17) is 0 Å². The summed E-state index contributed by atoms with van der Waals surface area (Å²) in [5, 5.41) is 0. The predicted molar refractivity (Wildman–Crippen MR) is 103 cm³/mol. The van der Waals surface area contributed by atoms with Crippen molar-refractivity contribution in [2.45, 2.75) is 18.6 Å². The van der Waals surface area contributed by atoms with Crippen LogP contribution in [-0.2, 0) is 7.05 Å². The van der Waals surface area contributed by atoms with Gasteiger partial charge in [-0.05, 0) is 11.8 Å². The second-order valence-electron chi connectivity index (χ2n) is 5.33. The monoisotopic (exact) mass is 322 g/mol. The van der Waals surface area contributed by atoms with Crippen molar-refractivity contribution < 1.29 is 0 Å². The van der Waals surface area contributed by atoms with Gasteiger partial charge >= 0.3 is 0 Å². The third-order valence-corrected chi connectivity index (χ3v) is 4.59. The molecule has 1 heterocycles. The van der Waals surface area contributed by atoms with Crippen LogP contribution >= 0.6 is 11.8 Å². The molecule has 0 fully saturated rings. The van der Waals surface area contributed by atoms with Gasteiger partial charge in [0.05, 0.1) is 6.33 Å². The Morgan fingerprint density at radius 3 is 2.30 bits per heavy atom. The molecule has 23 heavy (non-hydrogen) atoms. The van der Waals surface area contributed by atoms with Gasteiger partial charge < -0.3 is 4.57 Å². The Bertz CT molecular complexity index is 684. The molecule has 0 radical (unpaired) electrons. The van der Waals surface area contributed by atoms with E-state index >= 15 is 0 Å². The molecule has 0 aliphatic rings. The average molecular weight is 322 g/mol. The molecule has 2 aromatic carbocycles. The van der Waals surface area contributed by atoms with E-state index in [1.165, 1.54) is 15.8 Å². The number of hydrogen-bond acceptors (Lipinski definition) is 2. The third kappa shape index (κ3) is 5.33. The molecule has 4 heteroatoms. The SMILES string of the molecule is CCSc1ccccc1B(C)c1ccccc1.Cn1ccnc1. The Balaban J connectivity index is 0.000000268. The predicted octanol–water partition coefficient (Wildman–Crippen LogP) is 3.46. The van der Waals surface area contributed by atoms with Gasteiger partial charge in [-0.1, -0.05) is 73.2 Å². The van der Waals surface area contributed by atoms with Crippen LogP contribution in [0.2, 0.25) is 6.82 Å². The van der Waals surface area contributed by atoms with Crippen LogP contribution < -0.4 is 10.9 Å². The molecule has 3 rings (SSSR count). The minimum absolute atomic E-state index is 0.464. The summed E-state index contributed by atoms with van der Waals surface area (Å²) in [5.74, 6) is 1.12. The molecule has 0 bridgehead atoms. The van der Waals surface area contributed by atoms with Crippen molar-refractivity contribution in [3.8, 4) is 0 Å². The van der Waals surface area contributed by atoms with Gasteiger partial charge in [-0.15, -0.1) is 11.8 Å². The van der Waals surface area contributed by atoms with Crippen LogP contribution in [0.15, 0.2) is 78.2 Å². The summed E-state index contributed by atoms with van der Waals surface area (Å²) in [4.78, 5) is 5.19. The van der Waals surface area contributed by atoms with Gasteiger partial charge in [0.1, 0.15) is 0 Å². The van der Waals surface area contributed by atoms with Gasteiger partial charge in [-0.25, -0.2) is 4.98 Å². The largest absolute Gasteiger partial charge is 0.341 e. The summed E-state index contributed by atoms with van der Waals surface area (Å²) < 4.78 is 1.89. The Hall–Kier alpha value is -1.94. The fourth-order valence-corrected chi connectivity index (χ4v) is 3.27. The molecule has 3 aromatic rings. The maximum Gasteiger partial charge on any atom is 0.207 e. The van der Waals surface area contributed by atoms with Crippen LogP contribution in [0.25, 0.3) is 0 Å². The highest BCUT2D eigenvalue weighted by atomic mass is 32.2. The molecule has 0 saturated carbocycles. The van der Waals surface area contributed by atoms with Gasteiger partial charge in [0.2, 0.25) is 6.71 Å². The lowest BCUT2D eigenvalue weighted by Gasteiger charge is -2.13. The summed E-state index contributed by atoms with van der Waals surface area (Å²) >= 11 is 1.92. The standard InChI is InChI=1S/C15H17BS.C4H6N2/c1-3-17-15-12-8-7-11-14(15)16(2)13-9-5-4-6-10-13;1-6-3-2-5-4-6/h4-12H,3H2,1-2H3;2-4H,1H3. The molecule has 0 saturated heterocycles. The first-order valence-electron chi connectivity index (χ1n) is 7.91. The summed E-state index contributed by atoms with van der Waals surface area (Å²) in [6, 6.07) is 19.4. The van der Waals surface area contributed by atoms with E-state index in [9.17, 15) is 0 Å². The van der Waals surface area contributed by atoms with Crippen molar-refractivity contribution in [1.82, 2.24) is 9.55 Å². The Kier molecular flexibility index (Phi) is 7.01. The van der Waals surface area contributed by atoms with Gasteiger partial charge in [-0.2, -0.15) is 0 Å². The van der Waals surface area contributed by atoms with Crippen molar-refractivity contribution in [3.05, 3.63) is 73.3 Å². The first-order valence-corrected chi connectivity index (χ1v) is 8.89. The smallest absolute Gasteiger partial charge is 0.207 e. The van der Waals surface area contributed by atoms with E-state index in [1.54, 1.807) is 12.5 Å². The molecule has 0 amide bonds. The Morgan fingerprint density at radius 2 is 1.74 bits per heavy atom. The topological polar surface area (TPSA) is 17.8 Å². The van der Waals surface area contributed by atoms with Crippen LogP contribution in [0, 0.1) is 0 Å². The number of aryl methyl sites for hydroxylation is 1. The molecule has 118 valence electrons. The van der Waals surface area contributed by atoms with Crippen molar-refractivity contribution in [3.63, 3.8) is 0 Å². The lowest BCUT2D eigenvalue weighted by molar-refractivity contribution is 0.913. The fraction of sp³-hybridized carbons (Fsp3) is 0.211. The molecular weight excluding hydrogens is 299 g/mol. The van der Waals surface area contributed by atoms with Gasteiger partial charge in [-0.3, -0.25) is 0 Å². The zero-order valence-electron chi connectivity index (χ0n) is 14.0. The Labute approximate surface area is 144 Å². The minimum atomic E-state index is 0.464. The maximum absolute atomic E-state index is 3.78. The summed E-state index contributed by atoms with van der Waals surface area (Å²) in [5.41, 5.74) is 2.82. The number of imidazole rings is 1. The zero-order valence-corrected chi connectivity index (χ0v) is 14.8. The highest BCUT2D eigenvalue weighted by molar-refractivity contribution is 7.99. The highest BCUT2D eigenvalue weighted by Gasteiger charge is 2.15. The maximum atomic E-state index is 3.78. The zero-order chi connectivity index (χ0) is 16.5. The fourth-order valence-electron chi connectivity index (χ4n) is 2.37. The number of rotatable bonds is 4. The van der Waals surface area contributed by atoms with Crippen molar-refractivity contribution in [1.29, 1.82) is 0 Å². The van der Waals surface area contributed by atoms with Crippen molar-refractivity contribution in [2.75, 3.05) is 5.75 Å². The normalized spacial score (nSPS) is 9.87. The van der Waals surface area contributed by atoms with Crippen molar-refractivity contribution in [2.24, 2.45) is 7.05 Å².